The summed E-state index contributed by atoms with van der Waals surface area (Å²) in [5.74, 6) is -5.74. The lowest BCUT2D eigenvalue weighted by Gasteiger charge is -2.22. The number of hydrogen-bond acceptors (Lipinski definition) is 2. The normalized spacial score (nSPS) is 15.7. The molecule has 1 saturated carbocycles. The first kappa shape index (κ1) is 14.4. The van der Waals surface area contributed by atoms with E-state index in [-0.39, 0.29) is 6.04 Å². The quantitative estimate of drug-likeness (QED) is 0.848. The number of nitrogens with one attached hydrogen (secondary N) is 1. The third kappa shape index (κ3) is 2.77. The maximum atomic E-state index is 13.6. The van der Waals surface area contributed by atoms with Gasteiger partial charge in [-0.25, -0.2) is 13.2 Å². The van der Waals surface area contributed by atoms with Crippen LogP contribution in [0.1, 0.15) is 48.0 Å². The summed E-state index contributed by atoms with van der Waals surface area (Å²) in [6.45, 7) is 0. The van der Waals surface area contributed by atoms with Gasteiger partial charge < -0.3 is 5.32 Å². The Morgan fingerprint density at radius 3 is 2.40 bits per heavy atom. The first-order valence-electron chi connectivity index (χ1n) is 6.43. The van der Waals surface area contributed by atoms with E-state index in [1.165, 1.54) is 6.07 Å². The van der Waals surface area contributed by atoms with Crippen molar-refractivity contribution in [2.75, 3.05) is 0 Å². The van der Waals surface area contributed by atoms with Crippen LogP contribution in [-0.4, -0.2) is 11.9 Å². The molecule has 1 aliphatic rings. The van der Waals surface area contributed by atoms with Gasteiger partial charge >= 0.3 is 0 Å². The lowest BCUT2D eigenvalue weighted by molar-refractivity contribution is 0.0922. The fourth-order valence-corrected chi connectivity index (χ4v) is 2.36. The molecular weight excluding hydrogens is 269 g/mol. The number of carbonyl (C=O) groups excluding carboxylic acids is 1. The summed E-state index contributed by atoms with van der Waals surface area (Å²) in [7, 11) is 0. The molecule has 0 radical (unpaired) electrons. The summed E-state index contributed by atoms with van der Waals surface area (Å²) in [6, 6.07) is 2.05. The molecule has 0 aromatic heterocycles. The average molecular weight is 282 g/mol. The van der Waals surface area contributed by atoms with Gasteiger partial charge in [-0.05, 0) is 18.9 Å². The Morgan fingerprint density at radius 2 is 1.80 bits per heavy atom. The zero-order valence-electron chi connectivity index (χ0n) is 10.7. The number of hydrogen-bond donors (Lipinski definition) is 1. The highest BCUT2D eigenvalue weighted by atomic mass is 19.2. The van der Waals surface area contributed by atoms with Crippen LogP contribution in [0.15, 0.2) is 6.07 Å². The summed E-state index contributed by atoms with van der Waals surface area (Å²) in [4.78, 5) is 11.9. The van der Waals surface area contributed by atoms with E-state index in [2.05, 4.69) is 5.32 Å². The highest BCUT2D eigenvalue weighted by Gasteiger charge is 2.24. The van der Waals surface area contributed by atoms with Gasteiger partial charge in [-0.3, -0.25) is 4.79 Å². The standard InChI is InChI=1S/C14H13F3N2O/c15-11-8(7-18)6-10(12(16)13(11)17)14(20)19-9-4-2-1-3-5-9/h6,9H,1-5H2,(H,19,20). The molecule has 0 bridgehead atoms. The Morgan fingerprint density at radius 1 is 1.15 bits per heavy atom. The fourth-order valence-electron chi connectivity index (χ4n) is 2.36. The van der Waals surface area contributed by atoms with Gasteiger partial charge in [0.1, 0.15) is 6.07 Å². The summed E-state index contributed by atoms with van der Waals surface area (Å²) in [5, 5.41) is 11.2. The molecule has 106 valence electrons. The molecule has 1 fully saturated rings. The largest absolute Gasteiger partial charge is 0.349 e. The fraction of sp³-hybridized carbons (Fsp3) is 0.429. The number of nitriles is 1. The van der Waals surface area contributed by atoms with Crippen LogP contribution in [0, 0.1) is 28.8 Å². The van der Waals surface area contributed by atoms with Gasteiger partial charge in [-0.2, -0.15) is 5.26 Å². The van der Waals surface area contributed by atoms with Crippen LogP contribution in [0.4, 0.5) is 13.2 Å². The molecule has 20 heavy (non-hydrogen) atoms. The predicted octanol–water partition coefficient (Wildman–Crippen LogP) is 3.04. The van der Waals surface area contributed by atoms with Crippen LogP contribution in [0.3, 0.4) is 0 Å². The molecule has 0 atom stereocenters. The van der Waals surface area contributed by atoms with Crippen molar-refractivity contribution in [2.24, 2.45) is 0 Å². The van der Waals surface area contributed by atoms with Gasteiger partial charge in [0.2, 0.25) is 0 Å². The Kier molecular flexibility index (Phi) is 4.28. The molecule has 1 aromatic carbocycles. The number of nitrogens with zero attached hydrogens (tertiary/aromatic N) is 1. The second-order valence-corrected chi connectivity index (χ2v) is 4.83. The molecule has 3 nitrogen and oxygen atoms in total. The van der Waals surface area contributed by atoms with Gasteiger partial charge in [0.05, 0.1) is 11.1 Å². The predicted molar refractivity (Wildman–Crippen MR) is 65.4 cm³/mol. The monoisotopic (exact) mass is 282 g/mol. The van der Waals surface area contributed by atoms with Gasteiger partial charge in [-0.15, -0.1) is 0 Å². The van der Waals surface area contributed by atoms with Gasteiger partial charge in [-0.1, -0.05) is 19.3 Å². The van der Waals surface area contributed by atoms with E-state index in [4.69, 9.17) is 5.26 Å². The molecule has 0 heterocycles. The van der Waals surface area contributed by atoms with Crippen molar-refractivity contribution in [1.82, 2.24) is 5.32 Å². The van der Waals surface area contributed by atoms with Crippen LogP contribution >= 0.6 is 0 Å². The van der Waals surface area contributed by atoms with Crippen molar-refractivity contribution in [3.8, 4) is 6.07 Å². The van der Waals surface area contributed by atoms with E-state index in [0.717, 1.165) is 38.2 Å². The highest BCUT2D eigenvalue weighted by Crippen LogP contribution is 2.21. The molecule has 6 heteroatoms. The Labute approximate surface area is 114 Å². The number of halogens is 3. The minimum absolute atomic E-state index is 0.0886. The van der Waals surface area contributed by atoms with E-state index in [0.29, 0.717) is 0 Å². The van der Waals surface area contributed by atoms with E-state index in [9.17, 15) is 18.0 Å². The molecule has 0 unspecified atom stereocenters. The third-order valence-corrected chi connectivity index (χ3v) is 3.45. The van der Waals surface area contributed by atoms with E-state index in [1.807, 2.05) is 0 Å². The average Bonchev–Trinajstić information content (AvgIpc) is 2.46. The number of carbonyl (C=O) groups is 1. The van der Waals surface area contributed by atoms with Gasteiger partial charge in [0, 0.05) is 6.04 Å². The van der Waals surface area contributed by atoms with E-state index in [1.54, 1.807) is 0 Å². The molecular formula is C14H13F3N2O. The van der Waals surface area contributed by atoms with E-state index < -0.39 is 34.5 Å². The highest BCUT2D eigenvalue weighted by molar-refractivity contribution is 5.95. The van der Waals surface area contributed by atoms with Crippen LogP contribution in [0.5, 0.6) is 0 Å². The number of rotatable bonds is 2. The first-order valence-corrected chi connectivity index (χ1v) is 6.43. The SMILES string of the molecule is N#Cc1cc(C(=O)NC2CCCCC2)c(F)c(F)c1F. The van der Waals surface area contributed by atoms with Crippen LogP contribution in [0.2, 0.25) is 0 Å². The van der Waals surface area contributed by atoms with Crippen molar-refractivity contribution >= 4 is 5.91 Å². The Bertz CT molecular complexity index is 575. The zero-order chi connectivity index (χ0) is 14.7. The second kappa shape index (κ2) is 5.95. The first-order chi connectivity index (χ1) is 9.54. The molecule has 0 aliphatic heterocycles. The lowest BCUT2D eigenvalue weighted by atomic mass is 9.95. The van der Waals surface area contributed by atoms with Gasteiger partial charge in [0.25, 0.3) is 5.91 Å². The lowest BCUT2D eigenvalue weighted by Crippen LogP contribution is -2.36. The summed E-state index contributed by atoms with van der Waals surface area (Å²) in [6.07, 6.45) is 4.58. The van der Waals surface area contributed by atoms with Crippen molar-refractivity contribution in [2.45, 2.75) is 38.1 Å². The van der Waals surface area contributed by atoms with Crippen LogP contribution < -0.4 is 5.32 Å². The van der Waals surface area contributed by atoms with Crippen molar-refractivity contribution in [1.29, 1.82) is 5.26 Å². The molecule has 0 saturated heterocycles. The topological polar surface area (TPSA) is 52.9 Å². The molecule has 0 spiro atoms. The molecule has 2 rings (SSSR count). The molecule has 1 N–H and O–H groups in total. The van der Waals surface area contributed by atoms with Crippen molar-refractivity contribution < 1.29 is 18.0 Å². The molecule has 1 aromatic rings. The summed E-state index contributed by atoms with van der Waals surface area (Å²) < 4.78 is 40.1. The minimum atomic E-state index is -1.79. The molecule has 1 aliphatic carbocycles. The van der Waals surface area contributed by atoms with Crippen LogP contribution in [0.25, 0.3) is 0 Å². The van der Waals surface area contributed by atoms with Crippen molar-refractivity contribution in [3.63, 3.8) is 0 Å². The summed E-state index contributed by atoms with van der Waals surface area (Å²) >= 11 is 0. The Balaban J connectivity index is 2.25. The molecule has 1 amide bonds. The maximum absolute atomic E-state index is 13.6. The maximum Gasteiger partial charge on any atom is 0.254 e. The number of benzene rings is 1. The van der Waals surface area contributed by atoms with Gasteiger partial charge in [0.15, 0.2) is 17.5 Å². The summed E-state index contributed by atoms with van der Waals surface area (Å²) in [5.41, 5.74) is -1.32. The second-order valence-electron chi connectivity index (χ2n) is 4.83. The Hall–Kier alpha value is -2.03. The van der Waals surface area contributed by atoms with Crippen LogP contribution in [-0.2, 0) is 0 Å². The van der Waals surface area contributed by atoms with Crippen molar-refractivity contribution in [3.05, 3.63) is 34.6 Å². The smallest absolute Gasteiger partial charge is 0.254 e. The number of amides is 1. The zero-order valence-corrected chi connectivity index (χ0v) is 10.7. The minimum Gasteiger partial charge on any atom is -0.349 e. The third-order valence-electron chi connectivity index (χ3n) is 3.45. The van der Waals surface area contributed by atoms with E-state index >= 15 is 0 Å².